The summed E-state index contributed by atoms with van der Waals surface area (Å²) >= 11 is 0. The zero-order chi connectivity index (χ0) is 17.5. The molecule has 0 amide bonds. The van der Waals surface area contributed by atoms with E-state index in [9.17, 15) is 4.79 Å². The number of ether oxygens (including phenoxy) is 2. The molecule has 125 valence electrons. The third-order valence-electron chi connectivity index (χ3n) is 2.52. The van der Waals surface area contributed by atoms with Crippen LogP contribution in [-0.2, 0) is 43.9 Å². The van der Waals surface area contributed by atoms with E-state index in [0.717, 1.165) is 17.1 Å². The van der Waals surface area contributed by atoms with Crippen molar-refractivity contribution >= 4 is 19.6 Å². The van der Waals surface area contributed by atoms with Gasteiger partial charge in [-0.15, -0.1) is 6.42 Å². The molecule has 1 aliphatic rings. The molecular formula is C19H24BO3Y-. The van der Waals surface area contributed by atoms with Gasteiger partial charge in [-0.05, 0) is 12.1 Å². The molecule has 0 atom stereocenters. The van der Waals surface area contributed by atoms with Gasteiger partial charge in [0, 0.05) is 32.7 Å². The Labute approximate surface area is 172 Å². The quantitative estimate of drug-likeness (QED) is 0.571. The molecule has 2 aromatic carbocycles. The summed E-state index contributed by atoms with van der Waals surface area (Å²) in [5.41, 5.74) is 1.72. The SMILES string of the molecule is CC.CC.O=[C-]Cc1ccccc1.[B]c1ccc2c(c1)OCO2.[Y]. The number of carbonyl (C=O) groups excluding carboxylic acids is 1. The van der Waals surface area contributed by atoms with E-state index in [1.54, 1.807) is 18.2 Å². The number of hydrogen-bond acceptors (Lipinski definition) is 3. The summed E-state index contributed by atoms with van der Waals surface area (Å²) in [5, 5.41) is 0. The largest absolute Gasteiger partial charge is 0.541 e. The van der Waals surface area contributed by atoms with Gasteiger partial charge in [-0.3, -0.25) is 6.29 Å². The van der Waals surface area contributed by atoms with Crippen molar-refractivity contribution in [3.8, 4) is 11.5 Å². The monoisotopic (exact) mass is 400 g/mol. The van der Waals surface area contributed by atoms with E-state index in [0.29, 0.717) is 18.7 Å². The summed E-state index contributed by atoms with van der Waals surface area (Å²) in [6, 6.07) is 14.9. The van der Waals surface area contributed by atoms with Crippen LogP contribution in [0, 0.1) is 0 Å². The third-order valence-corrected chi connectivity index (χ3v) is 2.52. The van der Waals surface area contributed by atoms with E-state index < -0.39 is 0 Å². The Morgan fingerprint density at radius 1 is 0.958 bits per heavy atom. The molecule has 2 aromatic rings. The molecule has 3 nitrogen and oxygen atoms in total. The van der Waals surface area contributed by atoms with Gasteiger partial charge in [-0.2, -0.15) is 0 Å². The molecule has 0 aromatic heterocycles. The average Bonchev–Trinajstić information content (AvgIpc) is 3.08. The van der Waals surface area contributed by atoms with Gasteiger partial charge < -0.3 is 14.3 Å². The summed E-state index contributed by atoms with van der Waals surface area (Å²) in [6.45, 7) is 8.30. The number of hydrogen-bond donors (Lipinski definition) is 0. The Kier molecular flexibility index (Phi) is 17.5. The predicted molar refractivity (Wildman–Crippen MR) is 96.5 cm³/mol. The van der Waals surface area contributed by atoms with Crippen molar-refractivity contribution in [2.75, 3.05) is 6.79 Å². The van der Waals surface area contributed by atoms with Gasteiger partial charge in [-0.25, -0.2) is 0 Å². The standard InChI is InChI=1S/C8H7O.C7H5BO2.2C2H6.Y/c9-7-6-8-4-2-1-3-5-8;8-5-1-2-6-7(3-5)10-4-9-6;2*1-2;/h1-5H,6H2;1-3H,4H2;2*1-2H3;/q-1;;;;. The van der Waals surface area contributed by atoms with Gasteiger partial charge >= 0.3 is 0 Å². The van der Waals surface area contributed by atoms with Crippen LogP contribution < -0.4 is 14.9 Å². The fourth-order valence-electron chi connectivity index (χ4n) is 1.59. The first-order chi connectivity index (χ1) is 11.3. The molecule has 0 saturated heterocycles. The maximum atomic E-state index is 9.85. The van der Waals surface area contributed by atoms with Crippen molar-refractivity contribution in [2.24, 2.45) is 0 Å². The first kappa shape index (κ1) is 25.1. The van der Waals surface area contributed by atoms with Crippen molar-refractivity contribution in [1.82, 2.24) is 0 Å². The fraction of sp³-hybridized carbons (Fsp3) is 0.316. The van der Waals surface area contributed by atoms with Crippen molar-refractivity contribution in [3.05, 3.63) is 54.1 Å². The van der Waals surface area contributed by atoms with Crippen LogP contribution in [0.1, 0.15) is 33.3 Å². The number of benzene rings is 2. The summed E-state index contributed by atoms with van der Waals surface area (Å²) in [6.07, 6.45) is 2.24. The van der Waals surface area contributed by atoms with Crippen LogP contribution in [0.25, 0.3) is 0 Å². The maximum Gasteiger partial charge on any atom is 0.231 e. The van der Waals surface area contributed by atoms with Crippen molar-refractivity contribution in [3.63, 3.8) is 0 Å². The molecular weight excluding hydrogens is 376 g/mol. The predicted octanol–water partition coefficient (Wildman–Crippen LogP) is 3.60. The van der Waals surface area contributed by atoms with Gasteiger partial charge in [0.1, 0.15) is 7.85 Å². The van der Waals surface area contributed by atoms with E-state index in [1.807, 2.05) is 64.3 Å². The molecule has 1 aliphatic heterocycles. The minimum Gasteiger partial charge on any atom is -0.541 e. The second kappa shape index (κ2) is 16.7. The van der Waals surface area contributed by atoms with Gasteiger partial charge in [0.2, 0.25) is 6.79 Å². The topological polar surface area (TPSA) is 35.5 Å². The molecule has 0 saturated carbocycles. The number of rotatable bonds is 2. The average molecular weight is 400 g/mol. The smallest absolute Gasteiger partial charge is 0.231 e. The molecule has 0 spiro atoms. The van der Waals surface area contributed by atoms with E-state index in [-0.39, 0.29) is 32.7 Å². The van der Waals surface area contributed by atoms with Crippen molar-refractivity contribution < 1.29 is 47.0 Å². The molecule has 1 heterocycles. The Hall–Kier alpha value is -1.12. The first-order valence-electron chi connectivity index (χ1n) is 7.83. The molecule has 0 bridgehead atoms. The van der Waals surface area contributed by atoms with E-state index in [2.05, 4.69) is 0 Å². The molecule has 0 unspecified atom stereocenters. The van der Waals surface area contributed by atoms with E-state index in [1.165, 1.54) is 0 Å². The van der Waals surface area contributed by atoms with Crippen LogP contribution in [0.5, 0.6) is 11.5 Å². The summed E-state index contributed by atoms with van der Waals surface area (Å²) in [7, 11) is 5.50. The molecule has 0 N–H and O–H groups in total. The second-order valence-electron chi connectivity index (χ2n) is 3.92. The summed E-state index contributed by atoms with van der Waals surface area (Å²) < 4.78 is 10.2. The molecule has 24 heavy (non-hydrogen) atoms. The van der Waals surface area contributed by atoms with Crippen LogP contribution in [0.15, 0.2) is 48.5 Å². The molecule has 0 fully saturated rings. The van der Waals surface area contributed by atoms with Crippen LogP contribution in [-0.4, -0.2) is 20.9 Å². The van der Waals surface area contributed by atoms with Crippen LogP contribution >= 0.6 is 0 Å². The van der Waals surface area contributed by atoms with Crippen LogP contribution in [0.3, 0.4) is 0 Å². The molecule has 0 aliphatic carbocycles. The minimum absolute atomic E-state index is 0. The summed E-state index contributed by atoms with van der Waals surface area (Å²) in [4.78, 5) is 9.85. The van der Waals surface area contributed by atoms with Crippen molar-refractivity contribution in [2.45, 2.75) is 34.1 Å². The molecule has 3 rings (SSSR count). The van der Waals surface area contributed by atoms with Gasteiger partial charge in [0.25, 0.3) is 0 Å². The zero-order valence-electron chi connectivity index (χ0n) is 14.9. The normalized spacial score (nSPS) is 9.50. The van der Waals surface area contributed by atoms with Crippen LogP contribution in [0.4, 0.5) is 0 Å². The Balaban J connectivity index is 0. The maximum absolute atomic E-state index is 9.85. The first-order valence-corrected chi connectivity index (χ1v) is 7.83. The Bertz CT molecular complexity index is 548. The van der Waals surface area contributed by atoms with Gasteiger partial charge in [-0.1, -0.05) is 75.1 Å². The van der Waals surface area contributed by atoms with E-state index in [4.69, 9.17) is 17.3 Å². The minimum atomic E-state index is 0. The molecule has 3 radical (unpaired) electrons. The third kappa shape index (κ3) is 9.89. The van der Waals surface area contributed by atoms with Gasteiger partial charge in [0.15, 0.2) is 11.5 Å². The van der Waals surface area contributed by atoms with Crippen molar-refractivity contribution in [1.29, 1.82) is 0 Å². The van der Waals surface area contributed by atoms with Gasteiger partial charge in [0.05, 0.1) is 0 Å². The van der Waals surface area contributed by atoms with Crippen LogP contribution in [0.2, 0.25) is 0 Å². The molecule has 5 heteroatoms. The Morgan fingerprint density at radius 3 is 2.12 bits per heavy atom. The number of fused-ring (bicyclic) bond motifs is 1. The van der Waals surface area contributed by atoms with E-state index >= 15 is 0 Å². The summed E-state index contributed by atoms with van der Waals surface area (Å²) in [5.74, 6) is 1.51. The second-order valence-corrected chi connectivity index (χ2v) is 3.92. The Morgan fingerprint density at radius 2 is 1.54 bits per heavy atom. The zero-order valence-corrected chi connectivity index (χ0v) is 17.8. The fourth-order valence-corrected chi connectivity index (χ4v) is 1.59.